The minimum atomic E-state index is -1.28. The van der Waals surface area contributed by atoms with Crippen LogP contribution >= 0.6 is 23.2 Å². The molecule has 0 aliphatic carbocycles. The zero-order valence-corrected chi connectivity index (χ0v) is 26.3. The predicted octanol–water partition coefficient (Wildman–Crippen LogP) is 2.99. The number of hydrogen-bond donors (Lipinski definition) is 4. The van der Waals surface area contributed by atoms with E-state index in [-0.39, 0.29) is 27.7 Å². The number of halogens is 2. The van der Waals surface area contributed by atoms with E-state index in [1.807, 2.05) is 4.90 Å². The van der Waals surface area contributed by atoms with Gasteiger partial charge in [-0.05, 0) is 51.1 Å². The van der Waals surface area contributed by atoms with Crippen molar-refractivity contribution in [1.82, 2.24) is 16.0 Å². The Balaban J connectivity index is 1.55. The van der Waals surface area contributed by atoms with Gasteiger partial charge in [0.1, 0.15) is 11.6 Å². The first-order valence-electron chi connectivity index (χ1n) is 13.6. The van der Waals surface area contributed by atoms with E-state index in [1.165, 1.54) is 12.1 Å². The number of rotatable bonds is 10. The second-order valence-corrected chi connectivity index (χ2v) is 11.4. The van der Waals surface area contributed by atoms with Crippen LogP contribution in [0, 0.1) is 0 Å². The summed E-state index contributed by atoms with van der Waals surface area (Å²) in [6, 6.07) is 7.98. The summed E-state index contributed by atoms with van der Waals surface area (Å²) in [5.74, 6) is -2.80. The number of nitrogens with zero attached hydrogens (tertiary/aromatic N) is 1. The lowest BCUT2D eigenvalue weighted by Crippen LogP contribution is -2.50. The van der Waals surface area contributed by atoms with Crippen LogP contribution in [0.2, 0.25) is 10.0 Å². The molecule has 1 unspecified atom stereocenters. The third-order valence-electron chi connectivity index (χ3n) is 6.10. The molecule has 0 bridgehead atoms. The topological polar surface area (TPSA) is 164 Å². The molecule has 2 aromatic carbocycles. The maximum absolute atomic E-state index is 13.1. The van der Waals surface area contributed by atoms with E-state index < -0.39 is 48.0 Å². The first-order valence-corrected chi connectivity index (χ1v) is 14.4. The number of morpholine rings is 1. The lowest BCUT2D eigenvalue weighted by atomic mass is 10.1. The van der Waals surface area contributed by atoms with E-state index in [9.17, 15) is 24.0 Å². The fourth-order valence-electron chi connectivity index (χ4n) is 4.05. The molecule has 0 spiro atoms. The van der Waals surface area contributed by atoms with E-state index >= 15 is 0 Å². The minimum absolute atomic E-state index is 0.0405. The molecule has 4 amide bonds. The summed E-state index contributed by atoms with van der Waals surface area (Å²) >= 11 is 12.8. The Morgan fingerprint density at radius 1 is 0.977 bits per heavy atom. The van der Waals surface area contributed by atoms with Crippen molar-refractivity contribution in [3.63, 3.8) is 0 Å². The lowest BCUT2D eigenvalue weighted by molar-refractivity contribution is -0.142. The number of hydrogen-bond acceptors (Lipinski definition) is 9. The van der Waals surface area contributed by atoms with Crippen molar-refractivity contribution in [3.8, 4) is 0 Å². The molecule has 1 aliphatic heterocycles. The summed E-state index contributed by atoms with van der Waals surface area (Å²) in [4.78, 5) is 64.5. The van der Waals surface area contributed by atoms with Crippen LogP contribution < -0.4 is 26.2 Å². The fraction of sp³-hybridized carbons (Fsp3) is 0.414. The van der Waals surface area contributed by atoms with Gasteiger partial charge in [-0.25, -0.2) is 9.59 Å². The summed E-state index contributed by atoms with van der Waals surface area (Å²) in [7, 11) is 1.13. The van der Waals surface area contributed by atoms with Crippen molar-refractivity contribution in [1.29, 1.82) is 0 Å². The number of esters is 1. The SMILES string of the molecule is COC(=O)C(CNC(=O)CNC(=O)c1cccc(NC(=O)OC(C)(C)C)c1)NC(=O)c1c(Cl)cc(N2CCOCC2)cc1Cl. The fourth-order valence-corrected chi connectivity index (χ4v) is 4.69. The second kappa shape index (κ2) is 15.6. The standard InChI is InChI=1S/C29H35Cl2N5O8/c1-29(2,3)44-28(41)34-18-7-5-6-17(12-18)25(38)33-16-23(37)32-15-22(27(40)42-4)35-26(39)24-20(30)13-19(14-21(24)31)36-8-10-43-11-9-36/h5-7,12-14,22H,8-11,15-16H2,1-4H3,(H,32,37)(H,33,38)(H,34,41)(H,35,39). The van der Waals surface area contributed by atoms with Gasteiger partial charge in [-0.3, -0.25) is 19.7 Å². The van der Waals surface area contributed by atoms with Crippen LogP contribution in [-0.4, -0.2) is 87.9 Å². The number of anilines is 2. The van der Waals surface area contributed by atoms with Crippen LogP contribution in [0.15, 0.2) is 36.4 Å². The third-order valence-corrected chi connectivity index (χ3v) is 6.70. The number of ether oxygens (including phenoxy) is 3. The van der Waals surface area contributed by atoms with Gasteiger partial charge in [-0.15, -0.1) is 0 Å². The van der Waals surface area contributed by atoms with E-state index in [4.69, 9.17) is 37.4 Å². The van der Waals surface area contributed by atoms with E-state index in [0.717, 1.165) is 12.8 Å². The van der Waals surface area contributed by atoms with Gasteiger partial charge < -0.3 is 35.1 Å². The highest BCUT2D eigenvalue weighted by molar-refractivity contribution is 6.40. The van der Waals surface area contributed by atoms with E-state index in [1.54, 1.807) is 45.0 Å². The first-order chi connectivity index (χ1) is 20.8. The van der Waals surface area contributed by atoms with Crippen LogP contribution in [0.1, 0.15) is 41.5 Å². The van der Waals surface area contributed by atoms with Crippen molar-refractivity contribution >= 4 is 64.4 Å². The van der Waals surface area contributed by atoms with Crippen LogP contribution in [0.3, 0.4) is 0 Å². The smallest absolute Gasteiger partial charge is 0.412 e. The molecule has 238 valence electrons. The number of benzene rings is 2. The van der Waals surface area contributed by atoms with Crippen molar-refractivity contribution in [2.24, 2.45) is 0 Å². The molecule has 1 heterocycles. The number of carbonyl (C=O) groups is 5. The maximum Gasteiger partial charge on any atom is 0.412 e. The molecule has 1 fully saturated rings. The van der Waals surface area contributed by atoms with Crippen LogP contribution in [0.4, 0.5) is 16.2 Å². The molecule has 1 aliphatic rings. The largest absolute Gasteiger partial charge is 0.467 e. The van der Waals surface area contributed by atoms with Gasteiger partial charge >= 0.3 is 12.1 Å². The molecule has 44 heavy (non-hydrogen) atoms. The van der Waals surface area contributed by atoms with Gasteiger partial charge in [0.15, 0.2) is 0 Å². The van der Waals surface area contributed by atoms with E-state index in [0.29, 0.717) is 32.0 Å². The summed E-state index contributed by atoms with van der Waals surface area (Å²) in [5.41, 5.74) is 0.492. The monoisotopic (exact) mass is 651 g/mol. The third kappa shape index (κ3) is 10.3. The van der Waals surface area contributed by atoms with E-state index in [2.05, 4.69) is 21.3 Å². The molecule has 13 nitrogen and oxygen atoms in total. The molecule has 1 saturated heterocycles. The zero-order valence-electron chi connectivity index (χ0n) is 24.8. The molecule has 0 radical (unpaired) electrons. The Kier molecular flexibility index (Phi) is 12.2. The molecule has 0 aromatic heterocycles. The minimum Gasteiger partial charge on any atom is -0.467 e. The quantitative estimate of drug-likeness (QED) is 0.283. The van der Waals surface area contributed by atoms with Gasteiger partial charge in [-0.2, -0.15) is 0 Å². The lowest BCUT2D eigenvalue weighted by Gasteiger charge is -2.29. The van der Waals surface area contributed by atoms with Crippen LogP contribution in [0.5, 0.6) is 0 Å². The average molecular weight is 653 g/mol. The van der Waals surface area contributed by atoms with Gasteiger partial charge in [0.25, 0.3) is 11.8 Å². The summed E-state index contributed by atoms with van der Waals surface area (Å²) in [6.07, 6.45) is -0.684. The number of amides is 4. The molecule has 0 saturated carbocycles. The van der Waals surface area contributed by atoms with Crippen molar-refractivity contribution in [2.45, 2.75) is 32.4 Å². The second-order valence-electron chi connectivity index (χ2n) is 10.6. The molecule has 2 aromatic rings. The number of carbonyl (C=O) groups excluding carboxylic acids is 5. The summed E-state index contributed by atoms with van der Waals surface area (Å²) < 4.78 is 15.3. The van der Waals surface area contributed by atoms with Gasteiger partial charge in [0.05, 0.1) is 42.5 Å². The first kappa shape index (κ1) is 34.4. The van der Waals surface area contributed by atoms with Crippen molar-refractivity contribution < 1.29 is 38.2 Å². The van der Waals surface area contributed by atoms with Gasteiger partial charge in [-0.1, -0.05) is 29.3 Å². The zero-order chi connectivity index (χ0) is 32.4. The average Bonchev–Trinajstić information content (AvgIpc) is 2.96. The maximum atomic E-state index is 13.1. The van der Waals surface area contributed by atoms with Crippen molar-refractivity contribution in [2.75, 3.05) is 56.7 Å². The Morgan fingerprint density at radius 3 is 2.25 bits per heavy atom. The molecular formula is C29H35Cl2N5O8. The Labute approximate surface area is 264 Å². The normalized spacial score (nSPS) is 13.7. The molecule has 15 heteroatoms. The van der Waals surface area contributed by atoms with Gasteiger partial charge in [0.2, 0.25) is 5.91 Å². The molecule has 3 rings (SSSR count). The number of nitrogens with one attached hydrogen (secondary N) is 4. The van der Waals surface area contributed by atoms with Crippen molar-refractivity contribution in [3.05, 3.63) is 57.6 Å². The van der Waals surface area contributed by atoms with Crippen LogP contribution in [0.25, 0.3) is 0 Å². The Hall–Kier alpha value is -4.07. The van der Waals surface area contributed by atoms with Gasteiger partial charge in [0, 0.05) is 36.6 Å². The highest BCUT2D eigenvalue weighted by atomic mass is 35.5. The summed E-state index contributed by atoms with van der Waals surface area (Å²) in [5, 5.41) is 10.1. The molecular weight excluding hydrogens is 617 g/mol. The Bertz CT molecular complexity index is 1370. The summed E-state index contributed by atoms with van der Waals surface area (Å²) in [6.45, 7) is 6.76. The Morgan fingerprint density at radius 2 is 1.64 bits per heavy atom. The van der Waals surface area contributed by atoms with Crippen LogP contribution in [-0.2, 0) is 23.8 Å². The number of methoxy groups -OCH3 is 1. The molecule has 4 N–H and O–H groups in total. The highest BCUT2D eigenvalue weighted by Crippen LogP contribution is 2.31. The highest BCUT2D eigenvalue weighted by Gasteiger charge is 2.26. The predicted molar refractivity (Wildman–Crippen MR) is 164 cm³/mol. The molecule has 1 atom stereocenters.